The number of carbonyl (C=O) groups is 4. The van der Waals surface area contributed by atoms with Crippen LogP contribution in [0.25, 0.3) is 21.6 Å². The van der Waals surface area contributed by atoms with Crippen molar-refractivity contribution in [2.45, 2.75) is 140 Å². The Morgan fingerprint density at radius 2 is 1.81 bits per heavy atom. The molecule has 348 valence electrons. The summed E-state index contributed by atoms with van der Waals surface area (Å²) < 4.78 is 68.9. The van der Waals surface area contributed by atoms with Crippen LogP contribution < -0.4 is 19.5 Å². The minimum Gasteiger partial charge on any atom is -0.496 e. The molecule has 4 heterocycles. The first-order valence-electron chi connectivity index (χ1n) is 22.0. The number of hydrogen-bond donors (Lipinski definition) is 2. The fourth-order valence-corrected chi connectivity index (χ4v) is 10.4. The number of pyridine rings is 1. The number of nitrogens with zero attached hydrogens (tertiary/aromatic N) is 4. The molecule has 2 unspecified atom stereocenters. The predicted molar refractivity (Wildman–Crippen MR) is 242 cm³/mol. The lowest BCUT2D eigenvalue weighted by molar-refractivity contribution is -0.145. The molecular weight excluding hydrogens is 867 g/mol. The molecular formula is C46H60F2N6O8S2. The van der Waals surface area contributed by atoms with Crippen molar-refractivity contribution < 1.29 is 45.9 Å². The third-order valence-corrected chi connectivity index (χ3v) is 14.7. The highest BCUT2D eigenvalue weighted by Gasteiger charge is 2.46. The summed E-state index contributed by atoms with van der Waals surface area (Å²) in [6.45, 7) is 10.5. The Kier molecular flexibility index (Phi) is 15.5. The van der Waals surface area contributed by atoms with E-state index in [1.165, 1.54) is 23.2 Å². The number of thiazole rings is 1. The van der Waals surface area contributed by atoms with Crippen LogP contribution in [-0.2, 0) is 29.2 Å². The molecule has 2 saturated heterocycles. The number of sulfonamides is 1. The van der Waals surface area contributed by atoms with Crippen LogP contribution in [0.4, 0.5) is 8.78 Å². The topological polar surface area (TPSA) is 177 Å². The number of allylic oxidation sites excluding steroid dienone is 2. The van der Waals surface area contributed by atoms with Crippen molar-refractivity contribution in [3.05, 3.63) is 59.6 Å². The van der Waals surface area contributed by atoms with Gasteiger partial charge in [0.1, 0.15) is 39.9 Å². The Labute approximate surface area is 378 Å². The number of rotatable bonds is 20. The largest absolute Gasteiger partial charge is 0.496 e. The standard InChI is InChI=1S/C46H60F2N6O8S2/c1-7-8-9-10-11-12-13-21-45(5,44(58)52-64(59,60)32-15-16-32)51-42(57)36-24-31(26-54(36)40(56)20-19-39(55)53-23-14-22-46(47,48)28-53)62-38-25-34(43-50-35(27-63-43)29(2)3)49-41-30(4)37(61-6)18-17-33(38)41/h7,12-13,17-18,25,27,29,31-32,36H,1,8-11,14-16,19-24,26,28H2,2-6H3,(H,51,57)(H,52,58)/b13-12-/t31?,36-,45?/m0/s1. The monoisotopic (exact) mass is 926 g/mol. The van der Waals surface area contributed by atoms with Gasteiger partial charge in [-0.25, -0.2) is 27.2 Å². The van der Waals surface area contributed by atoms with Crippen molar-refractivity contribution in [3.8, 4) is 22.2 Å². The van der Waals surface area contributed by atoms with Crippen molar-refractivity contribution in [1.82, 2.24) is 29.8 Å². The first-order chi connectivity index (χ1) is 30.3. The van der Waals surface area contributed by atoms with Gasteiger partial charge in [-0.3, -0.25) is 23.9 Å². The molecule has 3 fully saturated rings. The van der Waals surface area contributed by atoms with Gasteiger partial charge in [0.25, 0.3) is 11.8 Å². The van der Waals surface area contributed by atoms with Crippen molar-refractivity contribution in [2.24, 2.45) is 0 Å². The summed E-state index contributed by atoms with van der Waals surface area (Å²) in [5.41, 5.74) is 1.06. The molecule has 2 aromatic heterocycles. The second-order valence-electron chi connectivity index (χ2n) is 17.6. The Morgan fingerprint density at radius 1 is 1.08 bits per heavy atom. The Morgan fingerprint density at radius 3 is 2.48 bits per heavy atom. The van der Waals surface area contributed by atoms with Crippen LogP contribution in [0.15, 0.2) is 48.4 Å². The summed E-state index contributed by atoms with van der Waals surface area (Å²) in [5, 5.41) is 5.39. The van der Waals surface area contributed by atoms with Crippen LogP contribution in [0, 0.1) is 6.92 Å². The molecule has 1 aliphatic carbocycles. The fraction of sp³-hybridized carbons (Fsp3) is 0.565. The highest BCUT2D eigenvalue weighted by atomic mass is 32.2. The molecule has 1 saturated carbocycles. The van der Waals surface area contributed by atoms with Gasteiger partial charge in [-0.15, -0.1) is 17.9 Å². The van der Waals surface area contributed by atoms with Crippen molar-refractivity contribution in [1.29, 1.82) is 0 Å². The molecule has 4 amide bonds. The van der Waals surface area contributed by atoms with Crippen LogP contribution >= 0.6 is 11.3 Å². The maximum absolute atomic E-state index is 14.6. The first-order valence-corrected chi connectivity index (χ1v) is 24.5. The highest BCUT2D eigenvalue weighted by molar-refractivity contribution is 7.91. The van der Waals surface area contributed by atoms with Crippen molar-refractivity contribution in [2.75, 3.05) is 26.7 Å². The molecule has 0 spiro atoms. The summed E-state index contributed by atoms with van der Waals surface area (Å²) in [5.74, 6) is -4.63. The number of alkyl halides is 2. The highest BCUT2D eigenvalue weighted by Crippen LogP contribution is 2.38. The lowest BCUT2D eigenvalue weighted by atomic mass is 9.95. The Balaban J connectivity index is 1.30. The third-order valence-electron chi connectivity index (χ3n) is 12.0. The van der Waals surface area contributed by atoms with E-state index in [1.54, 1.807) is 25.3 Å². The molecule has 3 aliphatic rings. The predicted octanol–water partition coefficient (Wildman–Crippen LogP) is 7.36. The number of aromatic nitrogens is 2. The van der Waals surface area contributed by atoms with Crippen molar-refractivity contribution in [3.63, 3.8) is 0 Å². The number of fused-ring (bicyclic) bond motifs is 1. The zero-order valence-corrected chi connectivity index (χ0v) is 38.9. The summed E-state index contributed by atoms with van der Waals surface area (Å²) >= 11 is 1.44. The number of benzene rings is 1. The van der Waals surface area contributed by atoms with E-state index in [0.29, 0.717) is 52.4 Å². The van der Waals surface area contributed by atoms with Crippen LogP contribution in [0.1, 0.15) is 115 Å². The summed E-state index contributed by atoms with van der Waals surface area (Å²) in [4.78, 5) is 67.9. The van der Waals surface area contributed by atoms with Gasteiger partial charge in [-0.05, 0) is 83.3 Å². The number of aryl methyl sites for hydroxylation is 1. The number of amides is 4. The number of nitrogens with one attached hydrogen (secondary N) is 2. The quantitative estimate of drug-likeness (QED) is 0.0860. The minimum absolute atomic E-state index is 0.0376. The molecule has 3 atom stereocenters. The third kappa shape index (κ3) is 11.8. The van der Waals surface area contributed by atoms with E-state index in [9.17, 15) is 36.4 Å². The Bertz CT molecular complexity index is 2370. The summed E-state index contributed by atoms with van der Waals surface area (Å²) in [7, 11) is -2.42. The van der Waals surface area contributed by atoms with E-state index < -0.39 is 69.1 Å². The molecule has 6 rings (SSSR count). The number of halogens is 2. The van der Waals surface area contributed by atoms with Gasteiger partial charge in [-0.2, -0.15) is 0 Å². The van der Waals surface area contributed by atoms with E-state index in [2.05, 4.69) is 16.6 Å². The van der Waals surface area contributed by atoms with Gasteiger partial charge in [0.2, 0.25) is 27.7 Å². The molecule has 2 aliphatic heterocycles. The van der Waals surface area contributed by atoms with Gasteiger partial charge < -0.3 is 24.6 Å². The molecule has 3 aromatic rings. The number of hydrogen-bond acceptors (Lipinski definition) is 11. The first kappa shape index (κ1) is 48.5. The van der Waals surface area contributed by atoms with Crippen molar-refractivity contribution >= 4 is 55.9 Å². The van der Waals surface area contributed by atoms with E-state index in [-0.39, 0.29) is 57.5 Å². The van der Waals surface area contributed by atoms with Crippen LogP contribution in [0.2, 0.25) is 0 Å². The van der Waals surface area contributed by atoms with Crippen LogP contribution in [-0.4, -0.2) is 107 Å². The summed E-state index contributed by atoms with van der Waals surface area (Å²) in [6.07, 6.45) is 7.82. The molecule has 2 N–H and O–H groups in total. The number of unbranched alkanes of at least 4 members (excludes halogenated alkanes) is 3. The molecule has 0 bridgehead atoms. The number of likely N-dealkylation sites (tertiary alicyclic amines) is 2. The number of ether oxygens (including phenoxy) is 2. The lowest BCUT2D eigenvalue weighted by Crippen LogP contribution is -2.61. The smallest absolute Gasteiger partial charge is 0.265 e. The zero-order valence-electron chi connectivity index (χ0n) is 37.3. The second kappa shape index (κ2) is 20.5. The lowest BCUT2D eigenvalue weighted by Gasteiger charge is -2.33. The zero-order chi connectivity index (χ0) is 46.4. The van der Waals surface area contributed by atoms with E-state index in [4.69, 9.17) is 19.4 Å². The average molecular weight is 927 g/mol. The second-order valence-corrected chi connectivity index (χ2v) is 20.4. The van der Waals surface area contributed by atoms with Gasteiger partial charge in [0.15, 0.2) is 0 Å². The molecule has 1 aromatic carbocycles. The average Bonchev–Trinajstić information content (AvgIpc) is 3.85. The number of piperidine rings is 1. The number of methoxy groups -OCH3 is 1. The molecule has 64 heavy (non-hydrogen) atoms. The maximum atomic E-state index is 14.6. The normalized spacial score (nSPS) is 19.8. The fourth-order valence-electron chi connectivity index (χ4n) is 8.00. The van der Waals surface area contributed by atoms with E-state index in [1.807, 2.05) is 44.4 Å². The van der Waals surface area contributed by atoms with E-state index in [0.717, 1.165) is 35.4 Å². The summed E-state index contributed by atoms with van der Waals surface area (Å²) in [6, 6.07) is 4.17. The van der Waals surface area contributed by atoms with Gasteiger partial charge >= 0.3 is 0 Å². The van der Waals surface area contributed by atoms with Gasteiger partial charge in [0, 0.05) is 54.6 Å². The number of carbonyl (C=O) groups excluding carboxylic acids is 4. The molecule has 18 heteroatoms. The van der Waals surface area contributed by atoms with Crippen LogP contribution in [0.3, 0.4) is 0 Å². The maximum Gasteiger partial charge on any atom is 0.265 e. The van der Waals surface area contributed by atoms with E-state index >= 15 is 0 Å². The van der Waals surface area contributed by atoms with Crippen LogP contribution in [0.5, 0.6) is 11.5 Å². The van der Waals surface area contributed by atoms with Gasteiger partial charge in [-0.1, -0.05) is 32.1 Å². The molecule has 14 nitrogen and oxygen atoms in total. The SMILES string of the molecule is C=CCCCC/C=C\CC(C)(NC(=O)[C@@H]1CC(Oc2cc(-c3nc(C(C)C)cs3)nc3c(C)c(OC)ccc23)CN1C(=O)CCC(=O)N1CCCC(F)(F)C1)C(=O)NS(=O)(=O)C1CC1. The van der Waals surface area contributed by atoms with Gasteiger partial charge in [0.05, 0.1) is 36.7 Å². The Hall–Kier alpha value is -4.97. The minimum atomic E-state index is -3.99. The molecule has 0 radical (unpaired) electrons.